The first-order valence-corrected chi connectivity index (χ1v) is 7.62. The van der Waals surface area contributed by atoms with Crippen LogP contribution in [0.5, 0.6) is 0 Å². The monoisotopic (exact) mass is 318 g/mol. The molecule has 7 heteroatoms. The highest BCUT2D eigenvalue weighted by atomic mass is 19.1. The first kappa shape index (κ1) is 15.6. The van der Waals surface area contributed by atoms with Gasteiger partial charge in [0.2, 0.25) is 5.91 Å². The molecular weight excluding hydrogens is 299 g/mol. The number of carbonyl (C=O) groups excluding carboxylic acids is 1. The van der Waals surface area contributed by atoms with Gasteiger partial charge in [-0.3, -0.25) is 9.69 Å². The minimum absolute atomic E-state index is 0.0397. The molecule has 3 rings (SSSR count). The summed E-state index contributed by atoms with van der Waals surface area (Å²) in [6, 6.07) is 3.47. The molecule has 0 aromatic carbocycles. The van der Waals surface area contributed by atoms with Crippen LogP contribution < -0.4 is 5.32 Å². The zero-order valence-corrected chi connectivity index (χ0v) is 12.7. The van der Waals surface area contributed by atoms with E-state index in [4.69, 9.17) is 4.42 Å². The van der Waals surface area contributed by atoms with Crippen molar-refractivity contribution >= 4 is 5.91 Å². The summed E-state index contributed by atoms with van der Waals surface area (Å²) in [6.07, 6.45) is 6.23. The number of halogens is 1. The van der Waals surface area contributed by atoms with E-state index in [1.165, 1.54) is 6.26 Å². The van der Waals surface area contributed by atoms with Gasteiger partial charge >= 0.3 is 0 Å². The number of amides is 1. The fourth-order valence-corrected chi connectivity index (χ4v) is 2.79. The Morgan fingerprint density at radius 1 is 1.43 bits per heavy atom. The fourth-order valence-electron chi connectivity index (χ4n) is 2.79. The van der Waals surface area contributed by atoms with Crippen molar-refractivity contribution in [3.8, 4) is 0 Å². The van der Waals surface area contributed by atoms with E-state index in [0.717, 1.165) is 5.56 Å². The van der Waals surface area contributed by atoms with Crippen LogP contribution in [0.4, 0.5) is 4.39 Å². The molecule has 2 aromatic rings. The summed E-state index contributed by atoms with van der Waals surface area (Å²) < 4.78 is 18.7. The predicted molar refractivity (Wildman–Crippen MR) is 81.2 cm³/mol. The van der Waals surface area contributed by atoms with Crippen molar-refractivity contribution in [1.29, 1.82) is 0 Å². The number of nitrogens with one attached hydrogen (secondary N) is 1. The summed E-state index contributed by atoms with van der Waals surface area (Å²) in [5.41, 5.74) is 0.826. The summed E-state index contributed by atoms with van der Waals surface area (Å²) in [4.78, 5) is 22.3. The molecule has 0 unspecified atom stereocenters. The van der Waals surface area contributed by atoms with Crippen LogP contribution in [-0.2, 0) is 17.8 Å². The van der Waals surface area contributed by atoms with Crippen LogP contribution in [-0.4, -0.2) is 46.1 Å². The molecule has 2 aromatic heterocycles. The SMILES string of the molecule is O=C(Cc1ccoc1)NC[C@@H]1C[C@H](F)CN1Cc1ncccn1. The fraction of sp³-hybridized carbons (Fsp3) is 0.438. The number of nitrogens with zero attached hydrogens (tertiary/aromatic N) is 3. The molecule has 6 nitrogen and oxygen atoms in total. The molecule has 0 aliphatic carbocycles. The van der Waals surface area contributed by atoms with Gasteiger partial charge in [0.1, 0.15) is 12.0 Å². The molecule has 1 fully saturated rings. The number of alkyl halides is 1. The maximum absolute atomic E-state index is 13.7. The Morgan fingerprint density at radius 3 is 3.00 bits per heavy atom. The van der Waals surface area contributed by atoms with E-state index in [2.05, 4.69) is 15.3 Å². The van der Waals surface area contributed by atoms with Crippen molar-refractivity contribution in [3.05, 3.63) is 48.4 Å². The molecule has 1 amide bonds. The molecule has 0 bridgehead atoms. The number of furan rings is 1. The van der Waals surface area contributed by atoms with Crippen molar-refractivity contribution in [1.82, 2.24) is 20.2 Å². The Bertz CT molecular complexity index is 620. The van der Waals surface area contributed by atoms with Crippen LogP contribution in [0.15, 0.2) is 41.5 Å². The number of hydrogen-bond donors (Lipinski definition) is 1. The Hall–Kier alpha value is -2.28. The normalized spacial score (nSPS) is 21.4. The first-order valence-electron chi connectivity index (χ1n) is 7.62. The third kappa shape index (κ3) is 4.35. The van der Waals surface area contributed by atoms with E-state index >= 15 is 0 Å². The topological polar surface area (TPSA) is 71.3 Å². The molecule has 3 heterocycles. The zero-order chi connectivity index (χ0) is 16.1. The molecule has 23 heavy (non-hydrogen) atoms. The minimum atomic E-state index is -0.880. The van der Waals surface area contributed by atoms with Gasteiger partial charge in [0, 0.05) is 31.5 Å². The van der Waals surface area contributed by atoms with Crippen LogP contribution in [0, 0.1) is 0 Å². The second kappa shape index (κ2) is 7.32. The van der Waals surface area contributed by atoms with Crippen molar-refractivity contribution in [3.63, 3.8) is 0 Å². The van der Waals surface area contributed by atoms with Crippen molar-refractivity contribution in [2.45, 2.75) is 31.6 Å². The maximum atomic E-state index is 13.7. The molecule has 1 aliphatic heterocycles. The number of rotatable bonds is 6. The third-order valence-corrected chi connectivity index (χ3v) is 3.92. The van der Waals surface area contributed by atoms with Gasteiger partial charge in [0.15, 0.2) is 0 Å². The predicted octanol–water partition coefficient (Wildman–Crippen LogP) is 1.34. The van der Waals surface area contributed by atoms with Crippen molar-refractivity contribution < 1.29 is 13.6 Å². The Morgan fingerprint density at radius 2 is 2.26 bits per heavy atom. The molecular formula is C16H19FN4O2. The van der Waals surface area contributed by atoms with Crippen LogP contribution in [0.25, 0.3) is 0 Å². The minimum Gasteiger partial charge on any atom is -0.472 e. The van der Waals surface area contributed by atoms with Crippen molar-refractivity contribution in [2.75, 3.05) is 13.1 Å². The highest BCUT2D eigenvalue weighted by Crippen LogP contribution is 2.21. The lowest BCUT2D eigenvalue weighted by molar-refractivity contribution is -0.120. The first-order chi connectivity index (χ1) is 11.2. The Kier molecular flexibility index (Phi) is 4.97. The number of likely N-dealkylation sites (tertiary alicyclic amines) is 1. The van der Waals surface area contributed by atoms with Gasteiger partial charge in [-0.05, 0) is 24.1 Å². The van der Waals surface area contributed by atoms with E-state index in [0.29, 0.717) is 31.9 Å². The Balaban J connectivity index is 1.52. The summed E-state index contributed by atoms with van der Waals surface area (Å²) in [6.45, 7) is 1.26. The van der Waals surface area contributed by atoms with Crippen LogP contribution in [0.3, 0.4) is 0 Å². The molecule has 0 spiro atoms. The van der Waals surface area contributed by atoms with Gasteiger partial charge in [0.25, 0.3) is 0 Å². The molecule has 0 saturated carbocycles. The molecule has 0 radical (unpaired) electrons. The average molecular weight is 318 g/mol. The van der Waals surface area contributed by atoms with Crippen LogP contribution in [0.2, 0.25) is 0 Å². The van der Waals surface area contributed by atoms with Crippen molar-refractivity contribution in [2.24, 2.45) is 0 Å². The van der Waals surface area contributed by atoms with E-state index in [9.17, 15) is 9.18 Å². The highest BCUT2D eigenvalue weighted by Gasteiger charge is 2.32. The highest BCUT2D eigenvalue weighted by molar-refractivity contribution is 5.78. The molecule has 122 valence electrons. The molecule has 1 N–H and O–H groups in total. The van der Waals surface area contributed by atoms with E-state index in [1.54, 1.807) is 30.8 Å². The average Bonchev–Trinajstić information content (AvgIpc) is 3.16. The lowest BCUT2D eigenvalue weighted by Gasteiger charge is -2.23. The van der Waals surface area contributed by atoms with Gasteiger partial charge in [-0.15, -0.1) is 0 Å². The molecule has 1 saturated heterocycles. The number of carbonyl (C=O) groups is 1. The van der Waals surface area contributed by atoms with Gasteiger partial charge in [0.05, 0.1) is 25.5 Å². The lowest BCUT2D eigenvalue weighted by Crippen LogP contribution is -2.40. The summed E-state index contributed by atoms with van der Waals surface area (Å²) >= 11 is 0. The lowest BCUT2D eigenvalue weighted by atomic mass is 10.2. The smallest absolute Gasteiger partial charge is 0.224 e. The summed E-state index contributed by atoms with van der Waals surface area (Å²) in [7, 11) is 0. The van der Waals surface area contributed by atoms with E-state index in [1.807, 2.05) is 4.90 Å². The van der Waals surface area contributed by atoms with Gasteiger partial charge in [-0.1, -0.05) is 0 Å². The van der Waals surface area contributed by atoms with E-state index < -0.39 is 6.17 Å². The maximum Gasteiger partial charge on any atom is 0.224 e. The second-order valence-corrected chi connectivity index (χ2v) is 5.69. The second-order valence-electron chi connectivity index (χ2n) is 5.69. The zero-order valence-electron chi connectivity index (χ0n) is 12.7. The molecule has 1 aliphatic rings. The molecule has 2 atom stereocenters. The largest absolute Gasteiger partial charge is 0.472 e. The summed E-state index contributed by atoms with van der Waals surface area (Å²) in [5, 5.41) is 2.87. The number of aromatic nitrogens is 2. The van der Waals surface area contributed by atoms with Gasteiger partial charge in [-0.2, -0.15) is 0 Å². The Labute approximate surface area is 133 Å². The van der Waals surface area contributed by atoms with Crippen LogP contribution >= 0.6 is 0 Å². The summed E-state index contributed by atoms with van der Waals surface area (Å²) in [5.74, 6) is 0.570. The quantitative estimate of drug-likeness (QED) is 0.870. The standard InChI is InChI=1S/C16H19FN4O2/c17-13-7-14(8-20-16(22)6-12-2-5-23-11-12)21(9-13)10-15-18-3-1-4-19-15/h1-5,11,13-14H,6-10H2,(H,20,22)/t13-,14-/m0/s1. The third-order valence-electron chi connectivity index (χ3n) is 3.92. The van der Waals surface area contributed by atoms with Gasteiger partial charge in [-0.25, -0.2) is 14.4 Å². The number of hydrogen-bond acceptors (Lipinski definition) is 5. The van der Waals surface area contributed by atoms with E-state index in [-0.39, 0.29) is 18.4 Å². The van der Waals surface area contributed by atoms with Gasteiger partial charge < -0.3 is 9.73 Å². The van der Waals surface area contributed by atoms with Crippen LogP contribution in [0.1, 0.15) is 17.8 Å².